The molecule has 2 rings (SSSR count). The molecular weight excluding hydrogens is 346 g/mol. The summed E-state index contributed by atoms with van der Waals surface area (Å²) in [5, 5.41) is 11.6. The molecule has 0 aliphatic carbocycles. The van der Waals surface area contributed by atoms with E-state index in [0.29, 0.717) is 12.2 Å². The lowest BCUT2D eigenvalue weighted by molar-refractivity contribution is -0.139. The molecule has 144 valence electrons. The number of amides is 1. The van der Waals surface area contributed by atoms with E-state index < -0.39 is 5.97 Å². The third-order valence-corrected chi connectivity index (χ3v) is 4.15. The first kappa shape index (κ1) is 20.3. The van der Waals surface area contributed by atoms with Gasteiger partial charge in [0.15, 0.2) is 6.61 Å². The fourth-order valence-corrected chi connectivity index (χ4v) is 2.64. The van der Waals surface area contributed by atoms with Crippen molar-refractivity contribution in [2.75, 3.05) is 13.7 Å². The van der Waals surface area contributed by atoms with E-state index >= 15 is 0 Å². The van der Waals surface area contributed by atoms with Crippen molar-refractivity contribution in [1.29, 1.82) is 0 Å². The zero-order valence-corrected chi connectivity index (χ0v) is 15.6. The Kier molecular flexibility index (Phi) is 7.67. The van der Waals surface area contributed by atoms with Crippen LogP contribution in [0.3, 0.4) is 0 Å². The van der Waals surface area contributed by atoms with Crippen LogP contribution in [0.15, 0.2) is 48.5 Å². The van der Waals surface area contributed by atoms with Crippen LogP contribution in [0.4, 0.5) is 0 Å². The number of aryl methyl sites for hydroxylation is 1. The van der Waals surface area contributed by atoms with Crippen molar-refractivity contribution in [2.45, 2.75) is 32.2 Å². The Bertz CT molecular complexity index is 740. The molecule has 0 saturated heterocycles. The molecule has 2 N–H and O–H groups in total. The number of carbonyl (C=O) groups is 2. The van der Waals surface area contributed by atoms with Crippen LogP contribution in [-0.4, -0.2) is 30.7 Å². The number of nitrogens with one attached hydrogen (secondary N) is 1. The molecule has 6 heteroatoms. The van der Waals surface area contributed by atoms with Crippen molar-refractivity contribution < 1.29 is 24.2 Å². The largest absolute Gasteiger partial charge is 0.497 e. The lowest BCUT2D eigenvalue weighted by Crippen LogP contribution is -2.26. The molecule has 1 unspecified atom stereocenters. The van der Waals surface area contributed by atoms with Gasteiger partial charge in [0.1, 0.15) is 11.5 Å². The molecule has 2 aromatic rings. The first-order valence-electron chi connectivity index (χ1n) is 8.85. The van der Waals surface area contributed by atoms with Gasteiger partial charge >= 0.3 is 5.97 Å². The number of ether oxygens (including phenoxy) is 2. The van der Waals surface area contributed by atoms with Gasteiger partial charge in [-0.15, -0.1) is 0 Å². The van der Waals surface area contributed by atoms with Crippen LogP contribution in [0.2, 0.25) is 0 Å². The highest BCUT2D eigenvalue weighted by Crippen LogP contribution is 2.18. The van der Waals surface area contributed by atoms with Crippen molar-refractivity contribution in [3.05, 3.63) is 59.7 Å². The summed E-state index contributed by atoms with van der Waals surface area (Å²) >= 11 is 0. The zero-order chi connectivity index (χ0) is 19.6. The molecular formula is C21H25NO5. The average molecular weight is 371 g/mol. The van der Waals surface area contributed by atoms with E-state index in [0.717, 1.165) is 24.2 Å². The number of carboxylic acid groups (broad SMARTS) is 1. The number of carboxylic acids is 1. The molecule has 27 heavy (non-hydrogen) atoms. The first-order chi connectivity index (χ1) is 13.0. The molecule has 0 heterocycles. The topological polar surface area (TPSA) is 84.9 Å². The summed E-state index contributed by atoms with van der Waals surface area (Å²) in [5.41, 5.74) is 2.11. The highest BCUT2D eigenvalue weighted by molar-refractivity contribution is 5.76. The van der Waals surface area contributed by atoms with E-state index in [1.165, 1.54) is 5.56 Å². The van der Waals surface area contributed by atoms with E-state index in [-0.39, 0.29) is 18.6 Å². The second kappa shape index (κ2) is 10.2. The average Bonchev–Trinajstić information content (AvgIpc) is 2.67. The highest BCUT2D eigenvalue weighted by Gasteiger charge is 2.10. The van der Waals surface area contributed by atoms with Gasteiger partial charge in [0, 0.05) is 6.42 Å². The number of hydrogen-bond acceptors (Lipinski definition) is 4. The monoisotopic (exact) mass is 371 g/mol. The van der Waals surface area contributed by atoms with Crippen LogP contribution >= 0.6 is 0 Å². The summed E-state index contributed by atoms with van der Waals surface area (Å²) in [6.45, 7) is 1.54. The lowest BCUT2D eigenvalue weighted by Gasteiger charge is -2.15. The van der Waals surface area contributed by atoms with Gasteiger partial charge in [0.05, 0.1) is 13.2 Å². The minimum Gasteiger partial charge on any atom is -0.497 e. The summed E-state index contributed by atoms with van der Waals surface area (Å²) < 4.78 is 10.2. The number of benzene rings is 2. The molecule has 1 atom stereocenters. The van der Waals surface area contributed by atoms with Crippen LogP contribution in [-0.2, 0) is 16.0 Å². The molecule has 0 aromatic heterocycles. The van der Waals surface area contributed by atoms with Gasteiger partial charge in [0.2, 0.25) is 5.91 Å². The molecule has 2 aromatic carbocycles. The van der Waals surface area contributed by atoms with Gasteiger partial charge in [-0.3, -0.25) is 4.79 Å². The van der Waals surface area contributed by atoms with Crippen molar-refractivity contribution in [3.63, 3.8) is 0 Å². The molecule has 6 nitrogen and oxygen atoms in total. The number of rotatable bonds is 10. The molecule has 0 aliphatic heterocycles. The Morgan fingerprint density at radius 2 is 1.67 bits per heavy atom. The summed E-state index contributed by atoms with van der Waals surface area (Å²) in [4.78, 5) is 22.6. The summed E-state index contributed by atoms with van der Waals surface area (Å²) in [5.74, 6) is 0.292. The maximum absolute atomic E-state index is 12.1. The van der Waals surface area contributed by atoms with Crippen molar-refractivity contribution in [2.24, 2.45) is 0 Å². The Morgan fingerprint density at radius 1 is 1.04 bits per heavy atom. The molecule has 0 aliphatic rings. The Balaban J connectivity index is 1.74. The Labute approximate surface area is 159 Å². The van der Waals surface area contributed by atoms with E-state index in [1.54, 1.807) is 19.2 Å². The molecule has 0 radical (unpaired) electrons. The van der Waals surface area contributed by atoms with Gasteiger partial charge in [0.25, 0.3) is 0 Å². The predicted octanol–water partition coefficient (Wildman–Crippen LogP) is 3.36. The van der Waals surface area contributed by atoms with Crippen LogP contribution in [0.1, 0.15) is 36.9 Å². The van der Waals surface area contributed by atoms with Crippen LogP contribution < -0.4 is 14.8 Å². The number of methoxy groups -OCH3 is 1. The zero-order valence-electron chi connectivity index (χ0n) is 15.6. The maximum Gasteiger partial charge on any atom is 0.341 e. The normalized spacial score (nSPS) is 11.5. The second-order valence-corrected chi connectivity index (χ2v) is 6.24. The summed E-state index contributed by atoms with van der Waals surface area (Å²) in [6, 6.07) is 14.8. The smallest absolute Gasteiger partial charge is 0.341 e. The van der Waals surface area contributed by atoms with Crippen LogP contribution in [0.5, 0.6) is 11.5 Å². The molecule has 1 amide bonds. The quantitative estimate of drug-likeness (QED) is 0.669. The van der Waals surface area contributed by atoms with Crippen LogP contribution in [0.25, 0.3) is 0 Å². The Morgan fingerprint density at radius 3 is 2.26 bits per heavy atom. The third-order valence-electron chi connectivity index (χ3n) is 4.15. The second-order valence-electron chi connectivity index (χ2n) is 6.24. The maximum atomic E-state index is 12.1. The van der Waals surface area contributed by atoms with E-state index in [2.05, 4.69) is 5.32 Å². The van der Waals surface area contributed by atoms with Gasteiger partial charge in [-0.05, 0) is 55.2 Å². The SMILES string of the molecule is COc1ccc(CCCC(=O)NC(C)c2ccc(OCC(=O)O)cc2)cc1. The fourth-order valence-electron chi connectivity index (χ4n) is 2.64. The minimum absolute atomic E-state index is 0.00205. The standard InChI is InChI=1S/C21H25NO5/c1-15(17-8-12-19(13-9-17)27-14-21(24)25)22-20(23)5-3-4-16-6-10-18(26-2)11-7-16/h6-13,15H,3-5,14H2,1-2H3,(H,22,23)(H,24,25). The van der Waals surface area contributed by atoms with Crippen LogP contribution in [0, 0.1) is 0 Å². The first-order valence-corrected chi connectivity index (χ1v) is 8.85. The fraction of sp³-hybridized carbons (Fsp3) is 0.333. The molecule has 0 saturated carbocycles. The number of carbonyl (C=O) groups excluding carboxylic acids is 1. The molecule has 0 spiro atoms. The molecule has 0 bridgehead atoms. The van der Waals surface area contributed by atoms with E-state index in [4.69, 9.17) is 14.6 Å². The summed E-state index contributed by atoms with van der Waals surface area (Å²) in [7, 11) is 1.64. The van der Waals surface area contributed by atoms with Crippen molar-refractivity contribution in [3.8, 4) is 11.5 Å². The van der Waals surface area contributed by atoms with Gasteiger partial charge < -0.3 is 19.9 Å². The third kappa shape index (κ3) is 7.01. The minimum atomic E-state index is -1.02. The summed E-state index contributed by atoms with van der Waals surface area (Å²) in [6.07, 6.45) is 2.06. The highest BCUT2D eigenvalue weighted by atomic mass is 16.5. The van der Waals surface area contributed by atoms with Gasteiger partial charge in [-0.25, -0.2) is 4.79 Å². The lowest BCUT2D eigenvalue weighted by atomic mass is 10.1. The predicted molar refractivity (Wildman–Crippen MR) is 102 cm³/mol. The van der Waals surface area contributed by atoms with E-state index in [1.807, 2.05) is 43.3 Å². The van der Waals surface area contributed by atoms with Crippen molar-refractivity contribution >= 4 is 11.9 Å². The van der Waals surface area contributed by atoms with Crippen molar-refractivity contribution in [1.82, 2.24) is 5.32 Å². The van der Waals surface area contributed by atoms with Gasteiger partial charge in [-0.2, -0.15) is 0 Å². The number of aliphatic carboxylic acids is 1. The molecule has 0 fully saturated rings. The van der Waals surface area contributed by atoms with Gasteiger partial charge in [-0.1, -0.05) is 24.3 Å². The van der Waals surface area contributed by atoms with E-state index in [9.17, 15) is 9.59 Å². The number of hydrogen-bond donors (Lipinski definition) is 2. The Hall–Kier alpha value is -3.02.